The van der Waals surface area contributed by atoms with Gasteiger partial charge in [0.2, 0.25) is 0 Å². The van der Waals surface area contributed by atoms with Crippen molar-refractivity contribution in [1.82, 2.24) is 9.78 Å². The number of nitrogens with one attached hydrogen (secondary N) is 1. The summed E-state index contributed by atoms with van der Waals surface area (Å²) in [6.45, 7) is 4.23. The first-order chi connectivity index (χ1) is 8.56. The molecule has 0 radical (unpaired) electrons. The SMILES string of the molecule is CCC(C)(C)Nc1cnn(CC(F)(F)F)c(=O)c1Cl. The Kier molecular flexibility index (Phi) is 4.50. The predicted molar refractivity (Wildman–Crippen MR) is 67.6 cm³/mol. The molecule has 1 aromatic heterocycles. The van der Waals surface area contributed by atoms with Gasteiger partial charge in [-0.05, 0) is 20.3 Å². The first-order valence-corrected chi connectivity index (χ1v) is 6.04. The van der Waals surface area contributed by atoms with Gasteiger partial charge < -0.3 is 5.32 Å². The molecule has 0 bridgehead atoms. The van der Waals surface area contributed by atoms with Crippen molar-refractivity contribution in [3.8, 4) is 0 Å². The minimum atomic E-state index is -4.52. The molecule has 108 valence electrons. The van der Waals surface area contributed by atoms with E-state index in [1.54, 1.807) is 0 Å². The normalized spacial score (nSPS) is 12.6. The Hall–Kier alpha value is -1.24. The summed E-state index contributed by atoms with van der Waals surface area (Å²) in [7, 11) is 0. The van der Waals surface area contributed by atoms with Crippen molar-refractivity contribution in [2.45, 2.75) is 45.5 Å². The Bertz CT molecular complexity index is 511. The zero-order chi connectivity index (χ0) is 14.8. The Balaban J connectivity index is 3.09. The van der Waals surface area contributed by atoms with Gasteiger partial charge in [0.05, 0.1) is 11.9 Å². The van der Waals surface area contributed by atoms with Gasteiger partial charge in [-0.1, -0.05) is 18.5 Å². The highest BCUT2D eigenvalue weighted by Crippen LogP contribution is 2.23. The molecule has 1 N–H and O–H groups in total. The third-order valence-corrected chi connectivity index (χ3v) is 3.04. The van der Waals surface area contributed by atoms with Crippen LogP contribution in [0.15, 0.2) is 11.0 Å². The van der Waals surface area contributed by atoms with Crippen LogP contribution in [0.4, 0.5) is 18.9 Å². The van der Waals surface area contributed by atoms with Crippen molar-refractivity contribution < 1.29 is 13.2 Å². The summed E-state index contributed by atoms with van der Waals surface area (Å²) in [6, 6.07) is 0. The number of aromatic nitrogens is 2. The zero-order valence-electron chi connectivity index (χ0n) is 10.8. The van der Waals surface area contributed by atoms with Crippen LogP contribution >= 0.6 is 11.6 Å². The lowest BCUT2D eigenvalue weighted by atomic mass is 10.0. The van der Waals surface area contributed by atoms with Crippen LogP contribution in [0.25, 0.3) is 0 Å². The fraction of sp³-hybridized carbons (Fsp3) is 0.636. The van der Waals surface area contributed by atoms with Crippen molar-refractivity contribution >= 4 is 17.3 Å². The van der Waals surface area contributed by atoms with Gasteiger partial charge in [0.1, 0.15) is 11.6 Å². The Labute approximate surface area is 113 Å². The van der Waals surface area contributed by atoms with Crippen LogP contribution in [0.2, 0.25) is 5.02 Å². The van der Waals surface area contributed by atoms with Gasteiger partial charge in [0, 0.05) is 5.54 Å². The molecule has 0 aliphatic heterocycles. The second-order valence-corrected chi connectivity index (χ2v) is 5.19. The maximum absolute atomic E-state index is 12.2. The van der Waals surface area contributed by atoms with Crippen molar-refractivity contribution in [3.63, 3.8) is 0 Å². The third kappa shape index (κ3) is 4.41. The van der Waals surface area contributed by atoms with Gasteiger partial charge in [-0.3, -0.25) is 4.79 Å². The van der Waals surface area contributed by atoms with Crippen LogP contribution < -0.4 is 10.9 Å². The van der Waals surface area contributed by atoms with Gasteiger partial charge in [0.15, 0.2) is 0 Å². The van der Waals surface area contributed by atoms with Crippen molar-refractivity contribution in [2.75, 3.05) is 5.32 Å². The van der Waals surface area contributed by atoms with Gasteiger partial charge in [-0.25, -0.2) is 4.68 Å². The molecule has 1 aromatic rings. The van der Waals surface area contributed by atoms with E-state index in [0.717, 1.165) is 12.6 Å². The molecule has 0 atom stereocenters. The topological polar surface area (TPSA) is 46.9 Å². The third-order valence-electron chi connectivity index (χ3n) is 2.67. The Morgan fingerprint density at radius 3 is 2.47 bits per heavy atom. The fourth-order valence-electron chi connectivity index (χ4n) is 1.29. The standard InChI is InChI=1S/C11H15ClF3N3O/c1-4-10(2,3)17-7-5-16-18(6-11(13,14)15)9(19)8(7)12/h5,17H,4,6H2,1-3H3. The lowest BCUT2D eigenvalue weighted by Crippen LogP contribution is -2.34. The van der Waals surface area contributed by atoms with Crippen LogP contribution in [0.3, 0.4) is 0 Å². The Morgan fingerprint density at radius 1 is 1.42 bits per heavy atom. The number of halogens is 4. The lowest BCUT2D eigenvalue weighted by molar-refractivity contribution is -0.143. The van der Waals surface area contributed by atoms with E-state index < -0.39 is 18.3 Å². The minimum absolute atomic E-state index is 0.233. The second-order valence-electron chi connectivity index (χ2n) is 4.81. The Morgan fingerprint density at radius 2 is 2.00 bits per heavy atom. The summed E-state index contributed by atoms with van der Waals surface area (Å²) in [4.78, 5) is 11.7. The molecule has 0 aliphatic rings. The number of hydrogen-bond donors (Lipinski definition) is 1. The van der Waals surface area contributed by atoms with Crippen LogP contribution in [0.1, 0.15) is 27.2 Å². The number of rotatable bonds is 4. The molecule has 0 saturated carbocycles. The largest absolute Gasteiger partial charge is 0.408 e. The summed E-state index contributed by atoms with van der Waals surface area (Å²) in [6.07, 6.45) is -2.64. The molecule has 8 heteroatoms. The van der Waals surface area contributed by atoms with Gasteiger partial charge in [-0.2, -0.15) is 18.3 Å². The molecule has 0 spiro atoms. The summed E-state index contributed by atoms with van der Waals surface area (Å²) in [5, 5.41) is 6.17. The molecule has 0 amide bonds. The van der Waals surface area contributed by atoms with Gasteiger partial charge in [0.25, 0.3) is 5.56 Å². The van der Waals surface area contributed by atoms with Crippen molar-refractivity contribution in [1.29, 1.82) is 0 Å². The van der Waals surface area contributed by atoms with E-state index in [2.05, 4.69) is 10.4 Å². The van der Waals surface area contributed by atoms with Crippen LogP contribution in [-0.2, 0) is 6.54 Å². The summed E-state index contributed by atoms with van der Waals surface area (Å²) >= 11 is 5.79. The quantitative estimate of drug-likeness (QED) is 0.929. The average Bonchev–Trinajstić information content (AvgIpc) is 2.27. The molecule has 0 unspecified atom stereocenters. The van der Waals surface area contributed by atoms with E-state index in [0.29, 0.717) is 4.68 Å². The van der Waals surface area contributed by atoms with Crippen molar-refractivity contribution in [3.05, 3.63) is 21.6 Å². The molecular formula is C11H15ClF3N3O. The first-order valence-electron chi connectivity index (χ1n) is 5.66. The molecule has 0 saturated heterocycles. The number of anilines is 1. The highest BCUT2D eigenvalue weighted by Gasteiger charge is 2.30. The molecule has 4 nitrogen and oxygen atoms in total. The summed E-state index contributed by atoms with van der Waals surface area (Å²) in [5.74, 6) is 0. The summed E-state index contributed by atoms with van der Waals surface area (Å²) < 4.78 is 37.0. The lowest BCUT2D eigenvalue weighted by Gasteiger charge is -2.26. The highest BCUT2D eigenvalue weighted by atomic mass is 35.5. The maximum Gasteiger partial charge on any atom is 0.408 e. The van der Waals surface area contributed by atoms with E-state index >= 15 is 0 Å². The van der Waals surface area contributed by atoms with E-state index in [1.165, 1.54) is 0 Å². The van der Waals surface area contributed by atoms with Gasteiger partial charge in [-0.15, -0.1) is 0 Å². The van der Waals surface area contributed by atoms with E-state index in [-0.39, 0.29) is 16.2 Å². The molecule has 0 fully saturated rings. The van der Waals surface area contributed by atoms with Gasteiger partial charge >= 0.3 is 6.18 Å². The zero-order valence-corrected chi connectivity index (χ0v) is 11.6. The fourth-order valence-corrected chi connectivity index (χ4v) is 1.48. The van der Waals surface area contributed by atoms with E-state index in [4.69, 9.17) is 11.6 Å². The number of hydrogen-bond acceptors (Lipinski definition) is 3. The van der Waals surface area contributed by atoms with Crippen molar-refractivity contribution in [2.24, 2.45) is 0 Å². The molecule has 1 rings (SSSR count). The minimum Gasteiger partial charge on any atom is -0.378 e. The average molecular weight is 298 g/mol. The smallest absolute Gasteiger partial charge is 0.378 e. The first kappa shape index (κ1) is 15.8. The van der Waals surface area contributed by atoms with E-state index in [9.17, 15) is 18.0 Å². The highest BCUT2D eigenvalue weighted by molar-refractivity contribution is 6.32. The monoisotopic (exact) mass is 297 g/mol. The van der Waals surface area contributed by atoms with Crippen LogP contribution in [0, 0.1) is 0 Å². The van der Waals surface area contributed by atoms with E-state index in [1.807, 2.05) is 20.8 Å². The van der Waals surface area contributed by atoms with Crippen LogP contribution in [0.5, 0.6) is 0 Å². The summed E-state index contributed by atoms with van der Waals surface area (Å²) in [5.41, 5.74) is -1.07. The molecule has 19 heavy (non-hydrogen) atoms. The number of nitrogens with zero attached hydrogens (tertiary/aromatic N) is 2. The van der Waals surface area contributed by atoms with Crippen LogP contribution in [-0.4, -0.2) is 21.5 Å². The maximum atomic E-state index is 12.2. The predicted octanol–water partition coefficient (Wildman–Crippen LogP) is 3.06. The second kappa shape index (κ2) is 5.40. The number of alkyl halides is 3. The molecule has 0 aliphatic carbocycles. The molecule has 0 aromatic carbocycles. The molecule has 1 heterocycles. The molecular weight excluding hydrogens is 283 g/mol.